The van der Waals surface area contributed by atoms with Crippen LogP contribution < -0.4 is 10.2 Å². The summed E-state index contributed by atoms with van der Waals surface area (Å²) in [5.41, 5.74) is 3.52. The molecule has 2 amide bonds. The Kier molecular flexibility index (Phi) is 6.32. The maximum atomic E-state index is 12.8. The van der Waals surface area contributed by atoms with E-state index >= 15 is 0 Å². The minimum atomic E-state index is -0.886. The second-order valence-electron chi connectivity index (χ2n) is 7.40. The summed E-state index contributed by atoms with van der Waals surface area (Å²) in [6.07, 6.45) is -0.0990. The van der Waals surface area contributed by atoms with Crippen molar-refractivity contribution in [3.05, 3.63) is 65.2 Å². The zero-order valence-corrected chi connectivity index (χ0v) is 17.0. The Morgan fingerprint density at radius 3 is 2.69 bits per heavy atom. The molecule has 0 aliphatic carbocycles. The van der Waals surface area contributed by atoms with Crippen molar-refractivity contribution >= 4 is 23.5 Å². The number of rotatable bonds is 6. The number of hydrogen-bond acceptors (Lipinski definition) is 4. The van der Waals surface area contributed by atoms with Crippen molar-refractivity contribution in [2.75, 3.05) is 11.4 Å². The molecule has 2 aromatic carbocycles. The zero-order valence-electron chi connectivity index (χ0n) is 17.0. The Balaban J connectivity index is 1.49. The minimum absolute atomic E-state index is 0.00131. The predicted octanol–water partition coefficient (Wildman–Crippen LogP) is 3.02. The van der Waals surface area contributed by atoms with Crippen molar-refractivity contribution in [3.63, 3.8) is 0 Å². The number of carbonyl (C=O) groups is 3. The second-order valence-corrected chi connectivity index (χ2v) is 7.40. The number of amides is 2. The predicted molar refractivity (Wildman–Crippen MR) is 111 cm³/mol. The lowest BCUT2D eigenvalue weighted by Crippen LogP contribution is -2.43. The maximum Gasteiger partial charge on any atom is 0.308 e. The summed E-state index contributed by atoms with van der Waals surface area (Å²) in [4.78, 5) is 38.8. The summed E-state index contributed by atoms with van der Waals surface area (Å²) in [5, 5.41) is 2.70. The first-order valence-corrected chi connectivity index (χ1v) is 9.82. The molecule has 0 aromatic heterocycles. The number of ether oxygens (including phenoxy) is 1. The van der Waals surface area contributed by atoms with Gasteiger partial charge in [-0.15, -0.1) is 0 Å². The van der Waals surface area contributed by atoms with E-state index in [9.17, 15) is 14.4 Å². The number of hydrogen-bond donors (Lipinski definition) is 1. The molecular weight excluding hydrogens is 368 g/mol. The Hall–Kier alpha value is -3.15. The highest BCUT2D eigenvalue weighted by molar-refractivity contribution is 5.99. The first-order chi connectivity index (χ1) is 13.9. The number of aryl methyl sites for hydroxylation is 1. The van der Waals surface area contributed by atoms with Crippen LogP contribution in [-0.4, -0.2) is 36.5 Å². The van der Waals surface area contributed by atoms with Gasteiger partial charge in [-0.3, -0.25) is 14.4 Å². The van der Waals surface area contributed by atoms with Gasteiger partial charge < -0.3 is 15.0 Å². The molecule has 6 nitrogen and oxygen atoms in total. The Morgan fingerprint density at radius 2 is 1.93 bits per heavy atom. The fourth-order valence-electron chi connectivity index (χ4n) is 3.57. The van der Waals surface area contributed by atoms with Crippen molar-refractivity contribution in [2.45, 2.75) is 45.8 Å². The van der Waals surface area contributed by atoms with Crippen LogP contribution in [0.15, 0.2) is 48.5 Å². The molecule has 1 N–H and O–H groups in total. The number of carbonyl (C=O) groups excluding carboxylic acids is 3. The van der Waals surface area contributed by atoms with Crippen LogP contribution in [-0.2, 0) is 20.7 Å². The molecule has 0 fully saturated rings. The van der Waals surface area contributed by atoms with Crippen LogP contribution >= 0.6 is 0 Å². The first kappa shape index (κ1) is 20.6. The molecule has 1 aliphatic rings. The van der Waals surface area contributed by atoms with Crippen molar-refractivity contribution in [3.8, 4) is 0 Å². The van der Waals surface area contributed by atoms with Crippen LogP contribution in [0, 0.1) is 6.92 Å². The standard InChI is InChI=1S/C23H26N2O4/c1-15-7-6-9-19(13-15)22(27)24-12-11-21(26)29-17(3)23(28)25-16(2)14-18-8-4-5-10-20(18)25/h4-10,13,16-17H,11-12,14H2,1-3H3,(H,24,27)/t16-,17+/m0/s1. The fourth-order valence-corrected chi connectivity index (χ4v) is 3.57. The van der Waals surface area contributed by atoms with E-state index in [-0.39, 0.29) is 30.8 Å². The summed E-state index contributed by atoms with van der Waals surface area (Å²) in [7, 11) is 0. The molecule has 1 aliphatic heterocycles. The van der Waals surface area contributed by atoms with Crippen LogP contribution in [0.1, 0.15) is 41.8 Å². The summed E-state index contributed by atoms with van der Waals surface area (Å²) in [5.74, 6) is -0.997. The lowest BCUT2D eigenvalue weighted by atomic mass is 10.1. The number of esters is 1. The minimum Gasteiger partial charge on any atom is -0.452 e. The van der Waals surface area contributed by atoms with Gasteiger partial charge in [-0.1, -0.05) is 35.9 Å². The van der Waals surface area contributed by atoms with Gasteiger partial charge in [-0.25, -0.2) is 0 Å². The highest BCUT2D eigenvalue weighted by atomic mass is 16.5. The van der Waals surface area contributed by atoms with E-state index in [0.29, 0.717) is 5.56 Å². The van der Waals surface area contributed by atoms with Gasteiger partial charge in [0.25, 0.3) is 11.8 Å². The van der Waals surface area contributed by atoms with E-state index in [2.05, 4.69) is 5.32 Å². The van der Waals surface area contributed by atoms with Gasteiger partial charge >= 0.3 is 5.97 Å². The van der Waals surface area contributed by atoms with Gasteiger partial charge in [0, 0.05) is 23.8 Å². The van der Waals surface area contributed by atoms with E-state index < -0.39 is 12.1 Å². The highest BCUT2D eigenvalue weighted by Crippen LogP contribution is 2.32. The summed E-state index contributed by atoms with van der Waals surface area (Å²) in [6, 6.07) is 15.0. The summed E-state index contributed by atoms with van der Waals surface area (Å²) >= 11 is 0. The van der Waals surface area contributed by atoms with Crippen molar-refractivity contribution in [1.82, 2.24) is 5.32 Å². The van der Waals surface area contributed by atoms with Gasteiger partial charge in [-0.2, -0.15) is 0 Å². The molecule has 6 heteroatoms. The van der Waals surface area contributed by atoms with E-state index in [0.717, 1.165) is 23.2 Å². The zero-order chi connectivity index (χ0) is 21.0. The van der Waals surface area contributed by atoms with Gasteiger partial charge in [0.1, 0.15) is 0 Å². The van der Waals surface area contributed by atoms with Crippen LogP contribution in [0.3, 0.4) is 0 Å². The Bertz CT molecular complexity index is 925. The van der Waals surface area contributed by atoms with E-state index in [1.165, 1.54) is 0 Å². The molecule has 0 saturated carbocycles. The van der Waals surface area contributed by atoms with E-state index in [4.69, 9.17) is 4.74 Å². The molecule has 152 valence electrons. The topological polar surface area (TPSA) is 75.7 Å². The van der Waals surface area contributed by atoms with Gasteiger partial charge in [0.05, 0.1) is 6.42 Å². The molecule has 0 saturated heterocycles. The summed E-state index contributed by atoms with van der Waals surface area (Å²) in [6.45, 7) is 5.62. The molecular formula is C23H26N2O4. The fraction of sp³-hybridized carbons (Fsp3) is 0.348. The van der Waals surface area contributed by atoms with Crippen molar-refractivity contribution in [2.24, 2.45) is 0 Å². The van der Waals surface area contributed by atoms with Crippen LogP contribution in [0.4, 0.5) is 5.69 Å². The number of fused-ring (bicyclic) bond motifs is 1. The smallest absolute Gasteiger partial charge is 0.308 e. The molecule has 0 radical (unpaired) electrons. The summed E-state index contributed by atoms with van der Waals surface area (Å²) < 4.78 is 5.31. The van der Waals surface area contributed by atoms with Crippen LogP contribution in [0.2, 0.25) is 0 Å². The monoisotopic (exact) mass is 394 g/mol. The molecule has 0 bridgehead atoms. The van der Waals surface area contributed by atoms with Gasteiger partial charge in [0.15, 0.2) is 6.10 Å². The first-order valence-electron chi connectivity index (χ1n) is 9.82. The number of nitrogens with zero attached hydrogens (tertiary/aromatic N) is 1. The van der Waals surface area contributed by atoms with E-state index in [1.54, 1.807) is 24.0 Å². The lowest BCUT2D eigenvalue weighted by Gasteiger charge is -2.26. The number of anilines is 1. The molecule has 3 rings (SSSR count). The second kappa shape index (κ2) is 8.90. The molecule has 0 unspecified atom stereocenters. The number of para-hydroxylation sites is 1. The normalized spacial score (nSPS) is 16.1. The van der Waals surface area contributed by atoms with E-state index in [1.807, 2.05) is 50.2 Å². The van der Waals surface area contributed by atoms with Crippen LogP contribution in [0.25, 0.3) is 0 Å². The molecule has 2 aromatic rings. The molecule has 29 heavy (non-hydrogen) atoms. The largest absolute Gasteiger partial charge is 0.452 e. The number of benzene rings is 2. The third-order valence-corrected chi connectivity index (χ3v) is 5.00. The van der Waals surface area contributed by atoms with Crippen molar-refractivity contribution in [1.29, 1.82) is 0 Å². The highest BCUT2D eigenvalue weighted by Gasteiger charge is 2.34. The maximum absolute atomic E-state index is 12.8. The SMILES string of the molecule is Cc1cccc(C(=O)NCCC(=O)O[C@H](C)C(=O)N2c3ccccc3C[C@@H]2C)c1. The average Bonchev–Trinajstić information content (AvgIpc) is 3.02. The third-order valence-electron chi connectivity index (χ3n) is 5.00. The number of nitrogens with one attached hydrogen (secondary N) is 1. The van der Waals surface area contributed by atoms with Gasteiger partial charge in [-0.05, 0) is 51.0 Å². The Morgan fingerprint density at radius 1 is 1.17 bits per heavy atom. The molecule has 2 atom stereocenters. The third kappa shape index (κ3) is 4.83. The van der Waals surface area contributed by atoms with Crippen molar-refractivity contribution < 1.29 is 19.1 Å². The lowest BCUT2D eigenvalue weighted by molar-refractivity contribution is -0.153. The molecule has 1 heterocycles. The quantitative estimate of drug-likeness (QED) is 0.764. The van der Waals surface area contributed by atoms with Crippen LogP contribution in [0.5, 0.6) is 0 Å². The Labute approximate surface area is 170 Å². The average molecular weight is 394 g/mol. The van der Waals surface area contributed by atoms with Gasteiger partial charge in [0.2, 0.25) is 0 Å². The molecule has 0 spiro atoms.